The number of carbonyl (C=O) groups is 2. The van der Waals surface area contributed by atoms with Crippen molar-refractivity contribution in [1.29, 1.82) is 0 Å². The molecule has 4 atom stereocenters. The van der Waals surface area contributed by atoms with Gasteiger partial charge in [0.2, 0.25) is 0 Å². The summed E-state index contributed by atoms with van der Waals surface area (Å²) in [7, 11) is 0. The summed E-state index contributed by atoms with van der Waals surface area (Å²) in [6.45, 7) is 4.49. The van der Waals surface area contributed by atoms with Gasteiger partial charge in [-0.2, -0.15) is 0 Å². The Hall–Kier alpha value is -3.20. The van der Waals surface area contributed by atoms with Gasteiger partial charge in [0.05, 0.1) is 0 Å². The fourth-order valence-corrected chi connectivity index (χ4v) is 3.73. The first-order valence-corrected chi connectivity index (χ1v) is 10.2. The van der Waals surface area contributed by atoms with Gasteiger partial charge in [0, 0.05) is 32.7 Å². The highest BCUT2D eigenvalue weighted by atomic mass is 16.6. The van der Waals surface area contributed by atoms with Crippen molar-refractivity contribution in [2.24, 2.45) is 0 Å². The van der Waals surface area contributed by atoms with Crippen LogP contribution in [0.3, 0.4) is 0 Å². The molecule has 3 unspecified atom stereocenters. The van der Waals surface area contributed by atoms with Gasteiger partial charge in [0.1, 0.15) is 6.10 Å². The van der Waals surface area contributed by atoms with Gasteiger partial charge < -0.3 is 14.2 Å². The monoisotopic (exact) mass is 430 g/mol. The van der Waals surface area contributed by atoms with E-state index in [-0.39, 0.29) is 6.54 Å². The average Bonchev–Trinajstić information content (AvgIpc) is 3.04. The number of rotatable bonds is 7. The van der Waals surface area contributed by atoms with Crippen LogP contribution in [0.2, 0.25) is 0 Å². The first kappa shape index (κ1) is 22.5. The Kier molecular flexibility index (Phi) is 7.06. The third kappa shape index (κ3) is 5.11. The lowest BCUT2D eigenvalue weighted by atomic mass is 10.1. The molecule has 0 N–H and O–H groups in total. The molecule has 1 aliphatic heterocycles. The second-order valence-electron chi connectivity index (χ2n) is 7.35. The summed E-state index contributed by atoms with van der Waals surface area (Å²) in [5, 5.41) is 0. The molecule has 2 heterocycles. The van der Waals surface area contributed by atoms with E-state index < -0.39 is 47.7 Å². The van der Waals surface area contributed by atoms with Crippen LogP contribution in [-0.2, 0) is 36.8 Å². The van der Waals surface area contributed by atoms with Gasteiger partial charge in [-0.15, -0.1) is 0 Å². The SMILES string of the molecule is CCC1OC(n2ccc(=O)n(CCc3ccccc3)c2=O)C(OC(C)=O)[C@H]1OC(C)=O. The second kappa shape index (κ2) is 9.74. The molecular formula is C22H26N2O7. The van der Waals surface area contributed by atoms with Gasteiger partial charge in [0.25, 0.3) is 5.56 Å². The highest BCUT2D eigenvalue weighted by molar-refractivity contribution is 5.67. The third-order valence-electron chi connectivity index (χ3n) is 5.13. The van der Waals surface area contributed by atoms with E-state index in [9.17, 15) is 19.2 Å². The van der Waals surface area contributed by atoms with E-state index in [2.05, 4.69) is 0 Å². The minimum absolute atomic E-state index is 0.179. The maximum atomic E-state index is 13.2. The van der Waals surface area contributed by atoms with Crippen LogP contribution in [0, 0.1) is 0 Å². The number of carbonyl (C=O) groups excluding carboxylic acids is 2. The molecule has 0 spiro atoms. The summed E-state index contributed by atoms with van der Waals surface area (Å²) < 4.78 is 19.0. The summed E-state index contributed by atoms with van der Waals surface area (Å²) in [6.07, 6.45) is -1.23. The molecule has 1 saturated heterocycles. The molecule has 9 heteroatoms. The fourth-order valence-electron chi connectivity index (χ4n) is 3.73. The van der Waals surface area contributed by atoms with E-state index in [0.717, 1.165) is 10.1 Å². The van der Waals surface area contributed by atoms with E-state index in [1.807, 2.05) is 37.3 Å². The average molecular weight is 430 g/mol. The van der Waals surface area contributed by atoms with Gasteiger partial charge in [-0.05, 0) is 18.4 Å². The van der Waals surface area contributed by atoms with E-state index in [1.54, 1.807) is 0 Å². The summed E-state index contributed by atoms with van der Waals surface area (Å²) >= 11 is 0. The van der Waals surface area contributed by atoms with E-state index in [0.29, 0.717) is 12.8 Å². The first-order valence-electron chi connectivity index (χ1n) is 10.2. The quantitative estimate of drug-likeness (QED) is 0.612. The molecule has 0 aliphatic carbocycles. The van der Waals surface area contributed by atoms with Gasteiger partial charge in [-0.25, -0.2) is 4.79 Å². The Bertz CT molecular complexity index is 1040. The molecular weight excluding hydrogens is 404 g/mol. The zero-order valence-electron chi connectivity index (χ0n) is 17.7. The summed E-state index contributed by atoms with van der Waals surface area (Å²) in [4.78, 5) is 48.8. The summed E-state index contributed by atoms with van der Waals surface area (Å²) in [5.41, 5.74) is -0.0493. The van der Waals surface area contributed by atoms with Crippen LogP contribution < -0.4 is 11.2 Å². The van der Waals surface area contributed by atoms with E-state index >= 15 is 0 Å². The number of aryl methyl sites for hydroxylation is 1. The normalized spacial score (nSPS) is 22.8. The van der Waals surface area contributed by atoms with Crippen LogP contribution in [0.15, 0.2) is 52.2 Å². The smallest absolute Gasteiger partial charge is 0.333 e. The van der Waals surface area contributed by atoms with Gasteiger partial charge in [-0.3, -0.25) is 23.5 Å². The number of hydrogen-bond acceptors (Lipinski definition) is 7. The number of benzene rings is 1. The maximum Gasteiger partial charge on any atom is 0.333 e. The predicted octanol–water partition coefficient (Wildman–Crippen LogP) is 1.42. The molecule has 9 nitrogen and oxygen atoms in total. The minimum atomic E-state index is -1.03. The number of ether oxygens (including phenoxy) is 3. The van der Waals surface area contributed by atoms with Crippen molar-refractivity contribution >= 4 is 11.9 Å². The molecule has 0 amide bonds. The fraction of sp³-hybridized carbons (Fsp3) is 0.455. The van der Waals surface area contributed by atoms with Crippen LogP contribution >= 0.6 is 0 Å². The molecule has 3 rings (SSSR count). The van der Waals surface area contributed by atoms with Gasteiger partial charge in [0.15, 0.2) is 18.4 Å². The van der Waals surface area contributed by atoms with Crippen LogP contribution in [0.5, 0.6) is 0 Å². The molecule has 1 aromatic heterocycles. The molecule has 166 valence electrons. The third-order valence-corrected chi connectivity index (χ3v) is 5.13. The van der Waals surface area contributed by atoms with Gasteiger partial charge >= 0.3 is 17.6 Å². The molecule has 0 saturated carbocycles. The van der Waals surface area contributed by atoms with Crippen LogP contribution in [0.4, 0.5) is 0 Å². The second-order valence-corrected chi connectivity index (χ2v) is 7.35. The van der Waals surface area contributed by atoms with Gasteiger partial charge in [-0.1, -0.05) is 37.3 Å². The minimum Gasteiger partial charge on any atom is -0.456 e. The largest absolute Gasteiger partial charge is 0.456 e. The zero-order chi connectivity index (χ0) is 22.5. The standard InChI is InChI=1S/C22H26N2O7/c1-4-17-19(29-14(2)25)20(30-15(3)26)21(31-17)24-13-11-18(27)23(22(24)28)12-10-16-8-6-5-7-9-16/h5-9,11,13,17,19-21H,4,10,12H2,1-3H3/t17?,19-,20?,21?/m0/s1. The Morgan fingerprint density at radius 3 is 2.26 bits per heavy atom. The Balaban J connectivity index is 1.95. The van der Waals surface area contributed by atoms with Crippen molar-refractivity contribution in [2.75, 3.05) is 0 Å². The molecule has 1 aliphatic rings. The lowest BCUT2D eigenvalue weighted by Gasteiger charge is -2.24. The Morgan fingerprint density at radius 2 is 1.65 bits per heavy atom. The molecule has 1 fully saturated rings. The van der Waals surface area contributed by atoms with Crippen LogP contribution in [0.25, 0.3) is 0 Å². The molecule has 0 radical (unpaired) electrons. The molecule has 2 aromatic rings. The lowest BCUT2D eigenvalue weighted by Crippen LogP contribution is -2.45. The van der Waals surface area contributed by atoms with E-state index in [1.165, 1.54) is 30.7 Å². The first-order chi connectivity index (χ1) is 14.8. The van der Waals surface area contributed by atoms with Crippen LogP contribution in [-0.4, -0.2) is 39.4 Å². The highest BCUT2D eigenvalue weighted by Crippen LogP contribution is 2.34. The molecule has 31 heavy (non-hydrogen) atoms. The van der Waals surface area contributed by atoms with Crippen LogP contribution in [0.1, 0.15) is 39.0 Å². The van der Waals surface area contributed by atoms with Crippen molar-refractivity contribution in [3.63, 3.8) is 0 Å². The molecule has 0 bridgehead atoms. The van der Waals surface area contributed by atoms with Crippen molar-refractivity contribution in [3.8, 4) is 0 Å². The Labute approximate surface area is 179 Å². The number of hydrogen-bond donors (Lipinski definition) is 0. The number of esters is 2. The van der Waals surface area contributed by atoms with Crippen molar-refractivity contribution in [3.05, 3.63) is 69.0 Å². The Morgan fingerprint density at radius 1 is 1.00 bits per heavy atom. The lowest BCUT2D eigenvalue weighted by molar-refractivity contribution is -0.165. The van der Waals surface area contributed by atoms with Crippen molar-refractivity contribution < 1.29 is 23.8 Å². The topological polar surface area (TPSA) is 106 Å². The van der Waals surface area contributed by atoms with Crippen molar-refractivity contribution in [1.82, 2.24) is 9.13 Å². The highest BCUT2D eigenvalue weighted by Gasteiger charge is 2.49. The predicted molar refractivity (Wildman–Crippen MR) is 110 cm³/mol. The molecule has 1 aromatic carbocycles. The van der Waals surface area contributed by atoms with Crippen molar-refractivity contribution in [2.45, 2.75) is 64.7 Å². The zero-order valence-corrected chi connectivity index (χ0v) is 17.7. The number of nitrogens with zero attached hydrogens (tertiary/aromatic N) is 2. The summed E-state index contributed by atoms with van der Waals surface area (Å²) in [5.74, 6) is -1.15. The maximum absolute atomic E-state index is 13.2. The summed E-state index contributed by atoms with van der Waals surface area (Å²) in [6, 6.07) is 10.8. The van der Waals surface area contributed by atoms with E-state index in [4.69, 9.17) is 14.2 Å². The number of aromatic nitrogens is 2.